The van der Waals surface area contributed by atoms with E-state index in [1.807, 2.05) is 30.4 Å². The second-order valence-electron chi connectivity index (χ2n) is 19.9. The van der Waals surface area contributed by atoms with E-state index >= 15 is 0 Å². The largest absolute Gasteiger partial charge is 0.389 e. The van der Waals surface area contributed by atoms with Crippen LogP contribution in [0.1, 0.15) is 166 Å². The summed E-state index contributed by atoms with van der Waals surface area (Å²) in [5, 5.41) is 17.1. The van der Waals surface area contributed by atoms with Gasteiger partial charge in [0, 0.05) is 65.2 Å². The molecule has 406 valence electrons. The molecule has 4 aromatic rings. The number of aryl methyl sites for hydroxylation is 2. The maximum absolute atomic E-state index is 12.6. The second kappa shape index (κ2) is 32.0. The van der Waals surface area contributed by atoms with Crippen molar-refractivity contribution in [1.29, 1.82) is 0 Å². The van der Waals surface area contributed by atoms with Crippen molar-refractivity contribution in [3.63, 3.8) is 0 Å². The van der Waals surface area contributed by atoms with Crippen molar-refractivity contribution < 1.29 is 43.3 Å². The number of Topliss-reactive ketones (excluding diaryl/α,β-unsaturated/α-hetero) is 2. The highest BCUT2D eigenvalue weighted by Crippen LogP contribution is 2.34. The van der Waals surface area contributed by atoms with Crippen molar-refractivity contribution in [2.75, 3.05) is 19.8 Å². The predicted molar refractivity (Wildman–Crippen MR) is 302 cm³/mol. The number of benzene rings is 4. The molecule has 3 unspecified atom stereocenters. The molecule has 0 spiro atoms. The summed E-state index contributed by atoms with van der Waals surface area (Å²) >= 11 is 24.1. The maximum atomic E-state index is 12.6. The highest BCUT2D eigenvalue weighted by Gasteiger charge is 2.25. The molecule has 15 heteroatoms. The highest BCUT2D eigenvalue weighted by molar-refractivity contribution is 6.35. The van der Waals surface area contributed by atoms with Gasteiger partial charge in [0.25, 0.3) is 0 Å². The zero-order valence-corrected chi connectivity index (χ0v) is 46.2. The fraction of sp³-hybridized carbons (Fsp3) is 0.443. The Bertz CT molecular complexity index is 2660. The average Bonchev–Trinajstić information content (AvgIpc) is 3.98. The van der Waals surface area contributed by atoms with E-state index in [2.05, 4.69) is 28.8 Å². The van der Waals surface area contributed by atoms with Crippen molar-refractivity contribution in [1.82, 2.24) is 10.6 Å². The van der Waals surface area contributed by atoms with Crippen LogP contribution in [0.5, 0.6) is 0 Å². The summed E-state index contributed by atoms with van der Waals surface area (Å²) in [6.07, 6.45) is 22.3. The van der Waals surface area contributed by atoms with Crippen molar-refractivity contribution in [3.05, 3.63) is 150 Å². The summed E-state index contributed by atoms with van der Waals surface area (Å²) in [5.74, 6) is 0.0366. The number of ketones is 4. The predicted octanol–water partition coefficient (Wildman–Crippen LogP) is 13.2. The minimum atomic E-state index is -0.388. The van der Waals surface area contributed by atoms with Gasteiger partial charge in [-0.05, 0) is 164 Å². The summed E-state index contributed by atoms with van der Waals surface area (Å²) in [6.45, 7) is 0.456. The Labute approximate surface area is 467 Å². The molecule has 7 rings (SSSR count). The third kappa shape index (κ3) is 21.4. The van der Waals surface area contributed by atoms with Crippen LogP contribution in [0.15, 0.2) is 84.9 Å². The van der Waals surface area contributed by atoms with Gasteiger partial charge in [0.2, 0.25) is 11.8 Å². The summed E-state index contributed by atoms with van der Waals surface area (Å²) in [4.78, 5) is 72.8. The van der Waals surface area contributed by atoms with Crippen LogP contribution in [-0.2, 0) is 63.9 Å². The third-order valence-corrected chi connectivity index (χ3v) is 14.5. The minimum Gasteiger partial charge on any atom is -0.389 e. The quantitative estimate of drug-likeness (QED) is 0.0371. The molecule has 1 fully saturated rings. The molecule has 0 saturated carbocycles. The smallest absolute Gasteiger partial charge is 0.220 e. The van der Waals surface area contributed by atoms with Crippen LogP contribution < -0.4 is 10.6 Å². The maximum Gasteiger partial charge on any atom is 0.220 e. The number of halogens is 4. The van der Waals surface area contributed by atoms with E-state index in [1.54, 1.807) is 48.6 Å². The zero-order chi connectivity index (χ0) is 54.2. The Morgan fingerprint density at radius 3 is 1.43 bits per heavy atom. The molecule has 3 aliphatic rings. The second-order valence-corrected chi connectivity index (χ2v) is 21.7. The molecular formula is C61H70Cl4N2O9. The van der Waals surface area contributed by atoms with E-state index in [1.165, 1.54) is 11.1 Å². The summed E-state index contributed by atoms with van der Waals surface area (Å²) < 4.78 is 11.0. The first-order valence-electron chi connectivity index (χ1n) is 26.7. The SMILES string of the molecule is O=C(/C=C/c1ccc2c(c1)CCC2NC(=O)CCCCCCC(=O)CO)Cc1cc(Cl)cc(Cl)c1.O=C(/C=C/c1ccc2c(c1)CCC2NC(=O)CCCCCCC(=O)COC1CCCCO1)Cc1cc(Cl)cc(Cl)c1. The average molecular weight is 1120 g/mol. The minimum absolute atomic E-state index is 0.0203. The monoisotopic (exact) mass is 1110 g/mol. The van der Waals surface area contributed by atoms with Gasteiger partial charge in [0.1, 0.15) is 13.2 Å². The Morgan fingerprint density at radius 1 is 0.553 bits per heavy atom. The molecule has 0 radical (unpaired) electrons. The van der Waals surface area contributed by atoms with E-state index in [-0.39, 0.29) is 79.4 Å². The van der Waals surface area contributed by atoms with Gasteiger partial charge in [-0.3, -0.25) is 28.8 Å². The molecule has 76 heavy (non-hydrogen) atoms. The lowest BCUT2D eigenvalue weighted by Gasteiger charge is -2.22. The van der Waals surface area contributed by atoms with Gasteiger partial charge >= 0.3 is 0 Å². The van der Waals surface area contributed by atoms with Gasteiger partial charge in [-0.25, -0.2) is 0 Å². The van der Waals surface area contributed by atoms with Crippen LogP contribution in [-0.4, -0.2) is 66.2 Å². The van der Waals surface area contributed by atoms with E-state index in [0.29, 0.717) is 52.4 Å². The van der Waals surface area contributed by atoms with E-state index in [0.717, 1.165) is 130 Å². The first-order valence-corrected chi connectivity index (χ1v) is 28.2. The van der Waals surface area contributed by atoms with E-state index in [9.17, 15) is 28.8 Å². The molecule has 11 nitrogen and oxygen atoms in total. The molecule has 1 saturated heterocycles. The van der Waals surface area contributed by atoms with Gasteiger partial charge in [0.15, 0.2) is 29.4 Å². The molecule has 0 bridgehead atoms. The van der Waals surface area contributed by atoms with Gasteiger partial charge in [-0.1, -0.05) is 121 Å². The van der Waals surface area contributed by atoms with Crippen LogP contribution >= 0.6 is 46.4 Å². The highest BCUT2D eigenvalue weighted by atomic mass is 35.5. The Balaban J connectivity index is 0.000000250. The van der Waals surface area contributed by atoms with Crippen molar-refractivity contribution in [2.24, 2.45) is 0 Å². The third-order valence-electron chi connectivity index (χ3n) is 13.6. The van der Waals surface area contributed by atoms with E-state index < -0.39 is 0 Å². The normalized spacial score (nSPS) is 16.7. The number of carbonyl (C=O) groups is 6. The molecule has 0 aromatic heterocycles. The van der Waals surface area contributed by atoms with Crippen LogP contribution in [0, 0.1) is 0 Å². The van der Waals surface area contributed by atoms with Crippen molar-refractivity contribution in [3.8, 4) is 0 Å². The fourth-order valence-electron chi connectivity index (χ4n) is 9.74. The molecule has 3 atom stereocenters. The molecular weight excluding hydrogens is 1050 g/mol. The van der Waals surface area contributed by atoms with Crippen molar-refractivity contribution >= 4 is 93.5 Å². The number of fused-ring (bicyclic) bond motifs is 2. The fourth-order valence-corrected chi connectivity index (χ4v) is 10.9. The number of amides is 2. The lowest BCUT2D eigenvalue weighted by atomic mass is 10.0. The Morgan fingerprint density at radius 2 is 1.00 bits per heavy atom. The van der Waals surface area contributed by atoms with Gasteiger partial charge in [-0.2, -0.15) is 0 Å². The number of ether oxygens (including phenoxy) is 2. The topological polar surface area (TPSA) is 165 Å². The van der Waals surface area contributed by atoms with Gasteiger partial charge in [0.05, 0.1) is 12.1 Å². The first-order chi connectivity index (χ1) is 36.7. The molecule has 2 aliphatic carbocycles. The summed E-state index contributed by atoms with van der Waals surface area (Å²) in [5.41, 5.74) is 8.16. The zero-order valence-electron chi connectivity index (χ0n) is 43.2. The Hall–Kier alpha value is -4.98. The van der Waals surface area contributed by atoms with Gasteiger partial charge < -0.3 is 25.2 Å². The summed E-state index contributed by atoms with van der Waals surface area (Å²) in [7, 11) is 0. The number of aliphatic hydroxyl groups is 1. The molecule has 1 heterocycles. The standard InChI is InChI=1S/C33H39Cl2NO5.C28H31Cl2NO4/c34-26-18-24(19-27(35)21-26)20-28(37)13-10-23-11-14-30-25(17-23)12-15-31(30)36-32(39)8-4-2-1-3-7-29(38)22-41-33-9-5-6-16-40-33;29-22-14-20(15-23(30)17-22)16-24(33)10-7-19-8-11-26-21(13-19)9-12-27(26)31-28(35)6-4-2-1-3-5-25(34)18-32/h10-11,13-14,17-19,21,31,33H,1-9,12,15-16,20,22H2,(H,36,39);7-8,10-11,13-15,17,27,32H,1-6,9,12,16,18H2,(H,31,35)/b13-10+;10-7+. The summed E-state index contributed by atoms with van der Waals surface area (Å²) in [6, 6.07) is 22.5. The first kappa shape index (κ1) is 60.3. The van der Waals surface area contributed by atoms with E-state index in [4.69, 9.17) is 61.0 Å². The number of carbonyl (C=O) groups excluding carboxylic acids is 6. The van der Waals surface area contributed by atoms with Crippen LogP contribution in [0.25, 0.3) is 12.2 Å². The Kier molecular flexibility index (Phi) is 25.4. The van der Waals surface area contributed by atoms with Crippen molar-refractivity contribution in [2.45, 2.75) is 153 Å². The number of hydrogen-bond donors (Lipinski definition) is 3. The lowest BCUT2D eigenvalue weighted by molar-refractivity contribution is -0.169. The van der Waals surface area contributed by atoms with Crippen LogP contribution in [0.4, 0.5) is 0 Å². The number of hydrogen-bond acceptors (Lipinski definition) is 9. The molecule has 4 aromatic carbocycles. The van der Waals surface area contributed by atoms with Crippen LogP contribution in [0.3, 0.4) is 0 Å². The number of rotatable bonds is 28. The number of unbranched alkanes of at least 4 members (excludes halogenated alkanes) is 6. The molecule has 2 amide bonds. The lowest BCUT2D eigenvalue weighted by Crippen LogP contribution is -2.26. The van der Waals surface area contributed by atoms with Gasteiger partial charge in [-0.15, -0.1) is 0 Å². The molecule has 1 aliphatic heterocycles. The number of allylic oxidation sites excluding steroid dienone is 2. The van der Waals surface area contributed by atoms with Crippen LogP contribution in [0.2, 0.25) is 20.1 Å². The number of nitrogens with one attached hydrogen (secondary N) is 2. The number of aliphatic hydroxyl groups excluding tert-OH is 1. The molecule has 3 N–H and O–H groups in total.